The molecule has 0 saturated heterocycles. The number of rotatable bonds is 5. The Balaban J connectivity index is 1.83. The third kappa shape index (κ3) is 5.36. The standard InChI is InChI=1S/C16H17BrN2OS/c1-2-20-15-8-6-12(7-9-15)11-18-16(21)19-14-5-3-4-13(17)10-14/h3-10H,2,11H2,1H3,(H2,18,19,21). The van der Waals surface area contributed by atoms with E-state index in [4.69, 9.17) is 17.0 Å². The Morgan fingerprint density at radius 2 is 1.95 bits per heavy atom. The van der Waals surface area contributed by atoms with Gasteiger partial charge in [0.05, 0.1) is 6.61 Å². The molecular weight excluding hydrogens is 348 g/mol. The molecule has 0 atom stereocenters. The van der Waals surface area contributed by atoms with Gasteiger partial charge in [0.15, 0.2) is 5.11 Å². The highest BCUT2D eigenvalue weighted by Crippen LogP contribution is 2.15. The molecule has 0 aromatic heterocycles. The van der Waals surface area contributed by atoms with Crippen LogP contribution in [0.4, 0.5) is 5.69 Å². The van der Waals surface area contributed by atoms with Crippen LogP contribution in [0.1, 0.15) is 12.5 Å². The molecule has 0 aliphatic heterocycles. The smallest absolute Gasteiger partial charge is 0.171 e. The van der Waals surface area contributed by atoms with E-state index < -0.39 is 0 Å². The van der Waals surface area contributed by atoms with Crippen LogP contribution in [0.2, 0.25) is 0 Å². The fourth-order valence-corrected chi connectivity index (χ4v) is 2.38. The molecule has 0 aliphatic rings. The third-order valence-corrected chi connectivity index (χ3v) is 3.51. The molecule has 0 unspecified atom stereocenters. The Labute approximate surface area is 138 Å². The topological polar surface area (TPSA) is 33.3 Å². The monoisotopic (exact) mass is 364 g/mol. The lowest BCUT2D eigenvalue weighted by Gasteiger charge is -2.11. The SMILES string of the molecule is CCOc1ccc(CNC(=S)Nc2cccc(Br)c2)cc1. The number of hydrogen-bond acceptors (Lipinski definition) is 2. The van der Waals surface area contributed by atoms with Gasteiger partial charge in [-0.25, -0.2) is 0 Å². The average molecular weight is 365 g/mol. The summed E-state index contributed by atoms with van der Waals surface area (Å²) in [5, 5.41) is 6.93. The molecule has 2 aromatic carbocycles. The molecule has 110 valence electrons. The van der Waals surface area contributed by atoms with Crippen molar-refractivity contribution in [3.8, 4) is 5.75 Å². The quantitative estimate of drug-likeness (QED) is 0.773. The first kappa shape index (κ1) is 15.8. The van der Waals surface area contributed by atoms with Crippen molar-refractivity contribution in [1.82, 2.24) is 5.32 Å². The second-order valence-corrected chi connectivity index (χ2v) is 5.72. The summed E-state index contributed by atoms with van der Waals surface area (Å²) < 4.78 is 6.43. The van der Waals surface area contributed by atoms with Gasteiger partial charge in [0.1, 0.15) is 5.75 Å². The first-order valence-electron chi connectivity index (χ1n) is 6.69. The fourth-order valence-electron chi connectivity index (χ4n) is 1.79. The third-order valence-electron chi connectivity index (χ3n) is 2.77. The van der Waals surface area contributed by atoms with Crippen molar-refractivity contribution in [3.63, 3.8) is 0 Å². The number of nitrogens with one attached hydrogen (secondary N) is 2. The Kier molecular flexibility index (Phi) is 6.02. The second kappa shape index (κ2) is 8.00. The second-order valence-electron chi connectivity index (χ2n) is 4.39. The number of halogens is 1. The first-order valence-corrected chi connectivity index (χ1v) is 7.89. The highest BCUT2D eigenvalue weighted by molar-refractivity contribution is 9.10. The van der Waals surface area contributed by atoms with Gasteiger partial charge < -0.3 is 15.4 Å². The molecule has 0 radical (unpaired) electrons. The maximum absolute atomic E-state index is 5.41. The summed E-state index contributed by atoms with van der Waals surface area (Å²) in [4.78, 5) is 0. The summed E-state index contributed by atoms with van der Waals surface area (Å²) in [6, 6.07) is 15.9. The van der Waals surface area contributed by atoms with Crippen LogP contribution < -0.4 is 15.4 Å². The van der Waals surface area contributed by atoms with Gasteiger partial charge in [-0.2, -0.15) is 0 Å². The van der Waals surface area contributed by atoms with Crippen LogP contribution in [0.5, 0.6) is 5.75 Å². The zero-order valence-electron chi connectivity index (χ0n) is 11.7. The van der Waals surface area contributed by atoms with E-state index in [0.717, 1.165) is 21.5 Å². The van der Waals surface area contributed by atoms with E-state index >= 15 is 0 Å². The molecular formula is C16H17BrN2OS. The number of hydrogen-bond donors (Lipinski definition) is 2. The highest BCUT2D eigenvalue weighted by Gasteiger charge is 1.99. The minimum atomic E-state index is 0.599. The summed E-state index contributed by atoms with van der Waals surface area (Å²) in [5.41, 5.74) is 2.10. The van der Waals surface area contributed by atoms with Crippen LogP contribution in [-0.2, 0) is 6.54 Å². The number of anilines is 1. The molecule has 2 N–H and O–H groups in total. The summed E-state index contributed by atoms with van der Waals surface area (Å²) in [6.45, 7) is 3.33. The summed E-state index contributed by atoms with van der Waals surface area (Å²) >= 11 is 8.72. The minimum absolute atomic E-state index is 0.599. The molecule has 2 rings (SSSR count). The van der Waals surface area contributed by atoms with Gasteiger partial charge in [-0.3, -0.25) is 0 Å². The molecule has 0 aliphatic carbocycles. The van der Waals surface area contributed by atoms with Crippen LogP contribution in [0.3, 0.4) is 0 Å². The van der Waals surface area contributed by atoms with Crippen LogP contribution in [0, 0.1) is 0 Å². The van der Waals surface area contributed by atoms with Crippen molar-refractivity contribution in [2.75, 3.05) is 11.9 Å². The van der Waals surface area contributed by atoms with Crippen LogP contribution in [0.25, 0.3) is 0 Å². The van der Waals surface area contributed by atoms with Gasteiger partial charge in [-0.1, -0.05) is 34.1 Å². The maximum Gasteiger partial charge on any atom is 0.171 e. The molecule has 5 heteroatoms. The van der Waals surface area contributed by atoms with Crippen molar-refractivity contribution < 1.29 is 4.74 Å². The molecule has 3 nitrogen and oxygen atoms in total. The molecule has 2 aromatic rings. The van der Waals surface area contributed by atoms with Crippen LogP contribution in [-0.4, -0.2) is 11.7 Å². The Morgan fingerprint density at radius 1 is 1.19 bits per heavy atom. The summed E-state index contributed by atoms with van der Waals surface area (Å²) in [7, 11) is 0. The molecule has 0 saturated carbocycles. The Morgan fingerprint density at radius 3 is 2.62 bits per heavy atom. The largest absolute Gasteiger partial charge is 0.494 e. The predicted octanol–water partition coefficient (Wildman–Crippen LogP) is 4.33. The average Bonchev–Trinajstić information content (AvgIpc) is 2.47. The van der Waals surface area contributed by atoms with Crippen molar-refractivity contribution in [1.29, 1.82) is 0 Å². The first-order chi connectivity index (χ1) is 10.2. The number of ether oxygens (including phenoxy) is 1. The zero-order chi connectivity index (χ0) is 15.1. The van der Waals surface area contributed by atoms with Gasteiger partial charge in [0.25, 0.3) is 0 Å². The molecule has 0 amide bonds. The van der Waals surface area contributed by atoms with E-state index in [0.29, 0.717) is 18.3 Å². The Hall–Kier alpha value is -1.59. The highest BCUT2D eigenvalue weighted by atomic mass is 79.9. The normalized spacial score (nSPS) is 10.0. The maximum atomic E-state index is 5.41. The van der Waals surface area contributed by atoms with Crippen molar-refractivity contribution >= 4 is 38.9 Å². The molecule has 0 spiro atoms. The van der Waals surface area contributed by atoms with E-state index in [9.17, 15) is 0 Å². The number of benzene rings is 2. The molecule has 0 fully saturated rings. The van der Waals surface area contributed by atoms with Gasteiger partial charge in [-0.15, -0.1) is 0 Å². The van der Waals surface area contributed by atoms with Gasteiger partial charge in [-0.05, 0) is 55.0 Å². The van der Waals surface area contributed by atoms with Gasteiger partial charge in [0.2, 0.25) is 0 Å². The molecule has 0 bridgehead atoms. The van der Waals surface area contributed by atoms with E-state index in [1.165, 1.54) is 0 Å². The van der Waals surface area contributed by atoms with Gasteiger partial charge >= 0.3 is 0 Å². The fraction of sp³-hybridized carbons (Fsp3) is 0.188. The Bertz CT molecular complexity index is 601. The molecule has 0 heterocycles. The van der Waals surface area contributed by atoms with Crippen molar-refractivity contribution in [3.05, 3.63) is 58.6 Å². The van der Waals surface area contributed by atoms with E-state index in [-0.39, 0.29) is 0 Å². The van der Waals surface area contributed by atoms with E-state index in [2.05, 4.69) is 26.6 Å². The summed E-state index contributed by atoms with van der Waals surface area (Å²) in [6.07, 6.45) is 0. The lowest BCUT2D eigenvalue weighted by molar-refractivity contribution is 0.340. The van der Waals surface area contributed by atoms with Crippen LogP contribution in [0.15, 0.2) is 53.0 Å². The van der Waals surface area contributed by atoms with Crippen LogP contribution >= 0.6 is 28.1 Å². The minimum Gasteiger partial charge on any atom is -0.494 e. The lowest BCUT2D eigenvalue weighted by Crippen LogP contribution is -2.27. The van der Waals surface area contributed by atoms with Crippen molar-refractivity contribution in [2.24, 2.45) is 0 Å². The lowest BCUT2D eigenvalue weighted by atomic mass is 10.2. The zero-order valence-corrected chi connectivity index (χ0v) is 14.1. The predicted molar refractivity (Wildman–Crippen MR) is 94.8 cm³/mol. The van der Waals surface area contributed by atoms with E-state index in [1.54, 1.807) is 0 Å². The van der Waals surface area contributed by atoms with Gasteiger partial charge in [0, 0.05) is 16.7 Å². The molecule has 21 heavy (non-hydrogen) atoms. The van der Waals surface area contributed by atoms with Crippen molar-refractivity contribution in [2.45, 2.75) is 13.5 Å². The number of thiocarbonyl (C=S) groups is 1. The van der Waals surface area contributed by atoms with E-state index in [1.807, 2.05) is 55.5 Å². The summed E-state index contributed by atoms with van der Waals surface area (Å²) in [5.74, 6) is 0.885.